The SMILES string of the molecule is C=C(C)[C@H]1C[C@H](COC(C)=O)CCC1(C)C. The van der Waals surface area contributed by atoms with Crippen molar-refractivity contribution in [3.63, 3.8) is 0 Å². The first-order valence-electron chi connectivity index (χ1n) is 6.11. The van der Waals surface area contributed by atoms with Crippen LogP contribution in [-0.2, 0) is 9.53 Å². The van der Waals surface area contributed by atoms with Gasteiger partial charge in [0.05, 0.1) is 6.61 Å². The topological polar surface area (TPSA) is 26.3 Å². The molecule has 0 amide bonds. The molecule has 1 fully saturated rings. The molecule has 0 N–H and O–H groups in total. The zero-order chi connectivity index (χ0) is 12.3. The lowest BCUT2D eigenvalue weighted by molar-refractivity contribution is -0.143. The van der Waals surface area contributed by atoms with Gasteiger partial charge in [0, 0.05) is 6.92 Å². The molecule has 0 aromatic heterocycles. The Morgan fingerprint density at radius 1 is 1.44 bits per heavy atom. The summed E-state index contributed by atoms with van der Waals surface area (Å²) >= 11 is 0. The summed E-state index contributed by atoms with van der Waals surface area (Å²) in [4.78, 5) is 10.8. The lowest BCUT2D eigenvalue weighted by Gasteiger charge is -2.42. The highest BCUT2D eigenvalue weighted by molar-refractivity contribution is 5.65. The van der Waals surface area contributed by atoms with E-state index in [9.17, 15) is 4.79 Å². The van der Waals surface area contributed by atoms with Crippen molar-refractivity contribution < 1.29 is 9.53 Å². The zero-order valence-corrected chi connectivity index (χ0v) is 11.0. The quantitative estimate of drug-likeness (QED) is 0.541. The van der Waals surface area contributed by atoms with Crippen LogP contribution in [0.25, 0.3) is 0 Å². The van der Waals surface area contributed by atoms with Crippen LogP contribution >= 0.6 is 0 Å². The van der Waals surface area contributed by atoms with Crippen LogP contribution in [-0.4, -0.2) is 12.6 Å². The Bertz CT molecular complexity index is 278. The third-order valence-corrected chi connectivity index (χ3v) is 3.83. The van der Waals surface area contributed by atoms with Crippen molar-refractivity contribution in [2.45, 2.75) is 47.0 Å². The number of hydrogen-bond donors (Lipinski definition) is 0. The number of hydrogen-bond acceptors (Lipinski definition) is 2. The third kappa shape index (κ3) is 3.36. The van der Waals surface area contributed by atoms with Crippen LogP contribution in [0, 0.1) is 17.3 Å². The normalized spacial score (nSPS) is 28.5. The van der Waals surface area contributed by atoms with Gasteiger partial charge in [-0.15, -0.1) is 0 Å². The van der Waals surface area contributed by atoms with Crippen LogP contribution in [0.15, 0.2) is 12.2 Å². The maximum Gasteiger partial charge on any atom is 0.302 e. The maximum atomic E-state index is 10.8. The smallest absolute Gasteiger partial charge is 0.302 e. The minimum Gasteiger partial charge on any atom is -0.466 e. The van der Waals surface area contributed by atoms with E-state index in [1.54, 1.807) is 0 Å². The molecule has 2 nitrogen and oxygen atoms in total. The fourth-order valence-electron chi connectivity index (χ4n) is 2.78. The van der Waals surface area contributed by atoms with E-state index in [0.717, 1.165) is 12.8 Å². The molecule has 2 atom stereocenters. The molecule has 16 heavy (non-hydrogen) atoms. The van der Waals surface area contributed by atoms with Gasteiger partial charge in [-0.25, -0.2) is 0 Å². The minimum atomic E-state index is -0.170. The van der Waals surface area contributed by atoms with Crippen molar-refractivity contribution >= 4 is 5.97 Å². The maximum absolute atomic E-state index is 10.8. The Hall–Kier alpha value is -0.790. The monoisotopic (exact) mass is 224 g/mol. The van der Waals surface area contributed by atoms with E-state index >= 15 is 0 Å². The summed E-state index contributed by atoms with van der Waals surface area (Å²) in [7, 11) is 0. The summed E-state index contributed by atoms with van der Waals surface area (Å²) in [5, 5.41) is 0. The van der Waals surface area contributed by atoms with E-state index < -0.39 is 0 Å². The molecule has 1 aliphatic rings. The largest absolute Gasteiger partial charge is 0.466 e. The molecular weight excluding hydrogens is 200 g/mol. The Kier molecular flexibility index (Phi) is 4.17. The molecule has 0 aromatic rings. The van der Waals surface area contributed by atoms with Gasteiger partial charge in [-0.2, -0.15) is 0 Å². The van der Waals surface area contributed by atoms with Crippen molar-refractivity contribution in [3.05, 3.63) is 12.2 Å². The molecule has 0 bridgehead atoms. The Labute approximate surface area is 99.1 Å². The number of carbonyl (C=O) groups is 1. The second-order valence-electron chi connectivity index (χ2n) is 5.83. The second kappa shape index (κ2) is 5.03. The van der Waals surface area contributed by atoms with Crippen LogP contribution in [0.4, 0.5) is 0 Å². The molecule has 2 heteroatoms. The standard InChI is InChI=1S/C14H24O2/c1-10(2)13-8-12(9-16-11(3)15)6-7-14(13,4)5/h12-13H,1,6-9H2,2-5H3/t12-,13-/m1/s1. The van der Waals surface area contributed by atoms with Gasteiger partial charge in [0.15, 0.2) is 0 Å². The Balaban J connectivity index is 2.56. The van der Waals surface area contributed by atoms with Crippen molar-refractivity contribution in [2.24, 2.45) is 17.3 Å². The molecule has 1 saturated carbocycles. The van der Waals surface area contributed by atoms with E-state index in [2.05, 4.69) is 27.4 Å². The highest BCUT2D eigenvalue weighted by Gasteiger charge is 2.36. The van der Waals surface area contributed by atoms with E-state index in [1.165, 1.54) is 18.9 Å². The number of esters is 1. The van der Waals surface area contributed by atoms with Gasteiger partial charge in [0.2, 0.25) is 0 Å². The first kappa shape index (κ1) is 13.3. The molecular formula is C14H24O2. The van der Waals surface area contributed by atoms with E-state index in [0.29, 0.717) is 23.9 Å². The molecule has 0 unspecified atom stereocenters. The summed E-state index contributed by atoms with van der Waals surface area (Å²) in [5.41, 5.74) is 1.61. The van der Waals surface area contributed by atoms with E-state index in [1.807, 2.05) is 0 Å². The summed E-state index contributed by atoms with van der Waals surface area (Å²) in [6, 6.07) is 0. The van der Waals surface area contributed by atoms with Crippen LogP contribution in [0.2, 0.25) is 0 Å². The van der Waals surface area contributed by atoms with Crippen molar-refractivity contribution in [2.75, 3.05) is 6.61 Å². The van der Waals surface area contributed by atoms with Gasteiger partial charge in [-0.1, -0.05) is 26.0 Å². The lowest BCUT2D eigenvalue weighted by Crippen LogP contribution is -2.34. The molecule has 0 aliphatic heterocycles. The highest BCUT2D eigenvalue weighted by atomic mass is 16.5. The molecule has 0 heterocycles. The van der Waals surface area contributed by atoms with Gasteiger partial charge in [0.25, 0.3) is 0 Å². The molecule has 1 rings (SSSR count). The number of allylic oxidation sites excluding steroid dienone is 1. The average molecular weight is 224 g/mol. The summed E-state index contributed by atoms with van der Waals surface area (Å²) < 4.78 is 5.11. The minimum absolute atomic E-state index is 0.170. The Morgan fingerprint density at radius 2 is 2.06 bits per heavy atom. The van der Waals surface area contributed by atoms with Crippen LogP contribution in [0.1, 0.15) is 47.0 Å². The van der Waals surface area contributed by atoms with Gasteiger partial charge in [-0.3, -0.25) is 4.79 Å². The zero-order valence-electron chi connectivity index (χ0n) is 11.0. The lowest BCUT2D eigenvalue weighted by atomic mass is 9.63. The molecule has 0 saturated heterocycles. The highest BCUT2D eigenvalue weighted by Crippen LogP contribution is 2.46. The summed E-state index contributed by atoms with van der Waals surface area (Å²) in [5.74, 6) is 0.900. The number of ether oxygens (including phenoxy) is 1. The predicted octanol–water partition coefficient (Wildman–Crippen LogP) is 3.57. The van der Waals surface area contributed by atoms with Crippen molar-refractivity contribution in [1.29, 1.82) is 0 Å². The molecule has 0 aromatic carbocycles. The molecule has 1 aliphatic carbocycles. The van der Waals surface area contributed by atoms with Gasteiger partial charge < -0.3 is 4.74 Å². The fourth-order valence-corrected chi connectivity index (χ4v) is 2.78. The Morgan fingerprint density at radius 3 is 2.56 bits per heavy atom. The fraction of sp³-hybridized carbons (Fsp3) is 0.786. The van der Waals surface area contributed by atoms with Crippen LogP contribution in [0.3, 0.4) is 0 Å². The molecule has 0 radical (unpaired) electrons. The van der Waals surface area contributed by atoms with Crippen LogP contribution < -0.4 is 0 Å². The van der Waals surface area contributed by atoms with E-state index in [4.69, 9.17) is 4.74 Å². The molecule has 92 valence electrons. The third-order valence-electron chi connectivity index (χ3n) is 3.83. The summed E-state index contributed by atoms with van der Waals surface area (Å²) in [6.07, 6.45) is 3.45. The van der Waals surface area contributed by atoms with E-state index in [-0.39, 0.29) is 5.97 Å². The average Bonchev–Trinajstić information content (AvgIpc) is 2.15. The predicted molar refractivity (Wildman–Crippen MR) is 66.1 cm³/mol. The molecule has 0 spiro atoms. The van der Waals surface area contributed by atoms with Crippen LogP contribution in [0.5, 0.6) is 0 Å². The van der Waals surface area contributed by atoms with Gasteiger partial charge in [0.1, 0.15) is 0 Å². The first-order valence-corrected chi connectivity index (χ1v) is 6.11. The van der Waals surface area contributed by atoms with Gasteiger partial charge in [-0.05, 0) is 43.4 Å². The van der Waals surface area contributed by atoms with Gasteiger partial charge >= 0.3 is 5.97 Å². The number of rotatable bonds is 3. The van der Waals surface area contributed by atoms with Crippen molar-refractivity contribution in [3.8, 4) is 0 Å². The second-order valence-corrected chi connectivity index (χ2v) is 5.83. The summed E-state index contributed by atoms with van der Waals surface area (Å²) in [6.45, 7) is 12.9. The first-order chi connectivity index (χ1) is 7.33. The number of carbonyl (C=O) groups excluding carboxylic acids is 1. The van der Waals surface area contributed by atoms with Crippen molar-refractivity contribution in [1.82, 2.24) is 0 Å².